The van der Waals surface area contributed by atoms with E-state index in [0.29, 0.717) is 5.75 Å². The molecule has 2 aromatic carbocycles. The summed E-state index contributed by atoms with van der Waals surface area (Å²) in [6.07, 6.45) is -4.51. The minimum absolute atomic E-state index is 0.0466. The van der Waals surface area contributed by atoms with Gasteiger partial charge in [0.05, 0.1) is 0 Å². The Morgan fingerprint density at radius 3 is 2.20 bits per heavy atom. The number of halogens is 3. The van der Waals surface area contributed by atoms with Crippen LogP contribution in [-0.4, -0.2) is 0 Å². The van der Waals surface area contributed by atoms with Crippen LogP contribution in [0, 0.1) is 13.8 Å². The van der Waals surface area contributed by atoms with Crippen LogP contribution in [0.3, 0.4) is 0 Å². The molecule has 2 nitrogen and oxygen atoms in total. The summed E-state index contributed by atoms with van der Waals surface area (Å²) < 4.78 is 44.3. The zero-order chi connectivity index (χ0) is 14.9. The number of alkyl halides is 3. The number of hydrogen-bond acceptors (Lipinski definition) is 2. The van der Waals surface area contributed by atoms with Crippen molar-refractivity contribution in [1.29, 1.82) is 0 Å². The van der Waals surface area contributed by atoms with Gasteiger partial charge in [-0.25, -0.2) is 0 Å². The van der Waals surface area contributed by atoms with Gasteiger partial charge in [0.25, 0.3) is 0 Å². The minimum Gasteiger partial charge on any atom is -0.456 e. The topological polar surface area (TPSA) is 35.2 Å². The van der Waals surface area contributed by atoms with Crippen LogP contribution in [0.5, 0.6) is 11.5 Å². The van der Waals surface area contributed by atoms with Gasteiger partial charge in [-0.1, -0.05) is 17.7 Å². The fourth-order valence-electron chi connectivity index (χ4n) is 1.89. The van der Waals surface area contributed by atoms with E-state index in [-0.39, 0.29) is 11.4 Å². The zero-order valence-corrected chi connectivity index (χ0v) is 11.1. The number of rotatable bonds is 2. The van der Waals surface area contributed by atoms with E-state index in [9.17, 15) is 13.2 Å². The predicted molar refractivity (Wildman–Crippen MR) is 71.8 cm³/mol. The van der Waals surface area contributed by atoms with Crippen LogP contribution in [-0.2, 0) is 6.18 Å². The lowest BCUT2D eigenvalue weighted by molar-refractivity contribution is -0.138. The van der Waals surface area contributed by atoms with Crippen molar-refractivity contribution in [2.45, 2.75) is 20.0 Å². The number of benzene rings is 2. The highest BCUT2D eigenvalue weighted by molar-refractivity contribution is 5.51. The normalized spacial score (nSPS) is 11.4. The number of ether oxygens (including phenoxy) is 1. The van der Waals surface area contributed by atoms with Crippen LogP contribution in [0.1, 0.15) is 16.7 Å². The smallest absolute Gasteiger partial charge is 0.420 e. The number of nitrogen functional groups attached to an aromatic ring is 1. The summed E-state index contributed by atoms with van der Waals surface area (Å²) in [6.45, 7) is 3.69. The molecule has 20 heavy (non-hydrogen) atoms. The third-order valence-corrected chi connectivity index (χ3v) is 2.86. The first-order valence-electron chi connectivity index (χ1n) is 5.99. The second kappa shape index (κ2) is 5.07. The molecule has 2 aromatic rings. The Morgan fingerprint density at radius 1 is 0.950 bits per heavy atom. The quantitative estimate of drug-likeness (QED) is 0.810. The molecule has 2 N–H and O–H groups in total. The fourth-order valence-corrected chi connectivity index (χ4v) is 1.89. The van der Waals surface area contributed by atoms with E-state index in [0.717, 1.165) is 17.2 Å². The third kappa shape index (κ3) is 3.04. The average molecular weight is 281 g/mol. The molecule has 0 spiro atoms. The van der Waals surface area contributed by atoms with Crippen molar-refractivity contribution in [2.75, 3.05) is 5.73 Å². The van der Waals surface area contributed by atoms with Crippen LogP contribution in [0.2, 0.25) is 0 Å². The highest BCUT2D eigenvalue weighted by atomic mass is 19.4. The molecule has 0 aliphatic rings. The Labute approximate surface area is 115 Å². The van der Waals surface area contributed by atoms with E-state index in [1.807, 2.05) is 13.0 Å². The largest absolute Gasteiger partial charge is 0.456 e. The van der Waals surface area contributed by atoms with Crippen molar-refractivity contribution < 1.29 is 17.9 Å². The molecule has 106 valence electrons. The Balaban J connectivity index is 2.43. The van der Waals surface area contributed by atoms with Gasteiger partial charge in [0, 0.05) is 5.69 Å². The van der Waals surface area contributed by atoms with Gasteiger partial charge in [0.1, 0.15) is 17.1 Å². The molecular formula is C15H14F3NO. The van der Waals surface area contributed by atoms with E-state index >= 15 is 0 Å². The molecular weight excluding hydrogens is 267 g/mol. The predicted octanol–water partition coefficient (Wildman–Crippen LogP) is 4.70. The first-order chi connectivity index (χ1) is 9.27. The molecule has 0 saturated heterocycles. The van der Waals surface area contributed by atoms with Crippen LogP contribution in [0.25, 0.3) is 0 Å². The Bertz CT molecular complexity index is 636. The molecule has 0 aromatic heterocycles. The second-order valence-electron chi connectivity index (χ2n) is 4.62. The number of aryl methyl sites for hydroxylation is 2. The van der Waals surface area contributed by atoms with Crippen LogP contribution in [0.15, 0.2) is 36.4 Å². The highest BCUT2D eigenvalue weighted by Gasteiger charge is 2.34. The van der Waals surface area contributed by atoms with E-state index in [2.05, 4.69) is 0 Å². The molecule has 0 bridgehead atoms. The number of anilines is 1. The van der Waals surface area contributed by atoms with Gasteiger partial charge in [-0.2, -0.15) is 13.2 Å². The van der Waals surface area contributed by atoms with Gasteiger partial charge in [-0.05, 0) is 43.7 Å². The maximum atomic E-state index is 13.0. The first kappa shape index (κ1) is 14.2. The van der Waals surface area contributed by atoms with Crippen molar-refractivity contribution in [2.24, 2.45) is 0 Å². The molecule has 2 rings (SSSR count). The summed E-state index contributed by atoms with van der Waals surface area (Å²) in [4.78, 5) is 0. The van der Waals surface area contributed by atoms with Crippen LogP contribution >= 0.6 is 0 Å². The Kier molecular flexibility index (Phi) is 3.61. The average Bonchev–Trinajstić information content (AvgIpc) is 2.33. The van der Waals surface area contributed by atoms with E-state index in [1.54, 1.807) is 19.1 Å². The SMILES string of the molecule is Cc1ccc(Oc2ccc(N)cc2C(F)(F)F)c(C)c1. The maximum absolute atomic E-state index is 13.0. The van der Waals surface area contributed by atoms with E-state index in [4.69, 9.17) is 10.5 Å². The van der Waals surface area contributed by atoms with Gasteiger partial charge >= 0.3 is 6.18 Å². The van der Waals surface area contributed by atoms with Crippen LogP contribution in [0.4, 0.5) is 18.9 Å². The molecule has 0 heterocycles. The Morgan fingerprint density at radius 2 is 1.60 bits per heavy atom. The lowest BCUT2D eigenvalue weighted by Gasteiger charge is -2.15. The summed E-state index contributed by atoms with van der Waals surface area (Å²) in [5, 5.41) is 0. The minimum atomic E-state index is -4.51. The summed E-state index contributed by atoms with van der Waals surface area (Å²) in [5.74, 6) is 0.143. The molecule has 0 amide bonds. The van der Waals surface area contributed by atoms with Gasteiger partial charge in [-0.3, -0.25) is 0 Å². The van der Waals surface area contributed by atoms with E-state index < -0.39 is 11.7 Å². The zero-order valence-electron chi connectivity index (χ0n) is 11.1. The van der Waals surface area contributed by atoms with Gasteiger partial charge < -0.3 is 10.5 Å². The number of nitrogens with two attached hydrogens (primary N) is 1. The van der Waals surface area contributed by atoms with Crippen molar-refractivity contribution >= 4 is 5.69 Å². The molecule has 0 aliphatic carbocycles. The van der Waals surface area contributed by atoms with Gasteiger partial charge in [-0.15, -0.1) is 0 Å². The summed E-state index contributed by atoms with van der Waals surface area (Å²) >= 11 is 0. The third-order valence-electron chi connectivity index (χ3n) is 2.86. The highest BCUT2D eigenvalue weighted by Crippen LogP contribution is 2.39. The molecule has 0 radical (unpaired) electrons. The molecule has 0 fully saturated rings. The molecule has 0 aliphatic heterocycles. The Hall–Kier alpha value is -2.17. The monoisotopic (exact) mass is 281 g/mol. The summed E-state index contributed by atoms with van der Waals surface area (Å²) in [5.41, 5.74) is 6.37. The molecule has 0 atom stereocenters. The van der Waals surface area contributed by atoms with Crippen molar-refractivity contribution in [1.82, 2.24) is 0 Å². The van der Waals surface area contributed by atoms with Crippen LogP contribution < -0.4 is 10.5 Å². The standard InChI is InChI=1S/C15H14F3NO/c1-9-3-5-13(10(2)7-9)20-14-6-4-11(19)8-12(14)15(16,17)18/h3-8H,19H2,1-2H3. The molecule has 0 unspecified atom stereocenters. The first-order valence-corrected chi connectivity index (χ1v) is 5.99. The second-order valence-corrected chi connectivity index (χ2v) is 4.62. The van der Waals surface area contributed by atoms with Crippen molar-refractivity contribution in [3.8, 4) is 11.5 Å². The lowest BCUT2D eigenvalue weighted by atomic mass is 10.1. The fraction of sp³-hybridized carbons (Fsp3) is 0.200. The van der Waals surface area contributed by atoms with Gasteiger partial charge in [0.15, 0.2) is 0 Å². The molecule has 5 heteroatoms. The summed E-state index contributed by atoms with van der Waals surface area (Å²) in [7, 11) is 0. The van der Waals surface area contributed by atoms with Crippen molar-refractivity contribution in [3.05, 3.63) is 53.1 Å². The van der Waals surface area contributed by atoms with E-state index in [1.165, 1.54) is 12.1 Å². The van der Waals surface area contributed by atoms with Crippen molar-refractivity contribution in [3.63, 3.8) is 0 Å². The maximum Gasteiger partial charge on any atom is 0.420 e. The number of hydrogen-bond donors (Lipinski definition) is 1. The lowest BCUT2D eigenvalue weighted by Crippen LogP contribution is -2.08. The summed E-state index contributed by atoms with van der Waals surface area (Å²) in [6, 6.07) is 8.78. The van der Waals surface area contributed by atoms with Gasteiger partial charge in [0.2, 0.25) is 0 Å². The molecule has 0 saturated carbocycles.